The van der Waals surface area contributed by atoms with Gasteiger partial charge in [0.25, 0.3) is 0 Å². The number of hydrogen-bond acceptors (Lipinski definition) is 5. The van der Waals surface area contributed by atoms with Gasteiger partial charge in [0.2, 0.25) is 5.82 Å². The Kier molecular flexibility index (Phi) is 6.35. The van der Waals surface area contributed by atoms with Crippen molar-refractivity contribution in [1.29, 1.82) is 0 Å². The van der Waals surface area contributed by atoms with Crippen LogP contribution in [0.2, 0.25) is 0 Å². The first-order valence-electron chi connectivity index (χ1n) is 16.5. The summed E-state index contributed by atoms with van der Waals surface area (Å²) in [4.78, 5) is 27.6. The maximum absolute atomic E-state index is 4.81. The van der Waals surface area contributed by atoms with Crippen molar-refractivity contribution in [3.8, 4) is 51.2 Å². The number of nitrogens with zero attached hydrogens (tertiary/aromatic N) is 6. The van der Waals surface area contributed by atoms with E-state index >= 15 is 0 Å². The van der Waals surface area contributed by atoms with Gasteiger partial charge in [-0.25, -0.2) is 24.9 Å². The number of nitrogens with one attached hydrogen (secondary N) is 1. The van der Waals surface area contributed by atoms with Crippen molar-refractivity contribution in [3.05, 3.63) is 158 Å². The largest absolute Gasteiger partial charge is 0.355 e. The standard InChI is InChI=1S/C43H27N7/c1-3-11-27(12-4-1)40-47-41(28-13-5-2-6-14-28)49-43(48-40)42-44-25-31(26-45-42)50-38-18-10-8-16-33(38)35-24-30(20-22-39(35)50)29-19-21-37-34(23-29)32-15-7-9-17-36(32)46-37/h1-26,46H. The molecule has 0 aliphatic heterocycles. The third-order valence-corrected chi connectivity index (χ3v) is 9.31. The van der Waals surface area contributed by atoms with Crippen LogP contribution in [0.5, 0.6) is 0 Å². The summed E-state index contributed by atoms with van der Waals surface area (Å²) in [6.07, 6.45) is 3.70. The molecule has 10 aromatic rings. The molecule has 0 aliphatic rings. The first-order chi connectivity index (χ1) is 24.8. The Hall–Kier alpha value is -6.99. The Morgan fingerprint density at radius 3 is 1.64 bits per heavy atom. The second-order valence-corrected chi connectivity index (χ2v) is 12.3. The lowest BCUT2D eigenvalue weighted by Crippen LogP contribution is -2.03. The van der Waals surface area contributed by atoms with Gasteiger partial charge in [-0.2, -0.15) is 0 Å². The van der Waals surface area contributed by atoms with Crippen molar-refractivity contribution < 1.29 is 0 Å². The van der Waals surface area contributed by atoms with Gasteiger partial charge in [-0.05, 0) is 47.5 Å². The molecule has 4 heterocycles. The average molecular weight is 642 g/mol. The molecular formula is C43H27N7. The van der Waals surface area contributed by atoms with Crippen LogP contribution in [0.1, 0.15) is 0 Å². The molecule has 1 N–H and O–H groups in total. The van der Waals surface area contributed by atoms with Gasteiger partial charge < -0.3 is 9.55 Å². The molecule has 0 fully saturated rings. The van der Waals surface area contributed by atoms with Gasteiger partial charge >= 0.3 is 0 Å². The van der Waals surface area contributed by atoms with Crippen LogP contribution >= 0.6 is 0 Å². The maximum atomic E-state index is 4.81. The first-order valence-corrected chi connectivity index (χ1v) is 16.5. The van der Waals surface area contributed by atoms with Crippen molar-refractivity contribution in [2.45, 2.75) is 0 Å². The van der Waals surface area contributed by atoms with Gasteiger partial charge in [-0.15, -0.1) is 0 Å². The lowest BCUT2D eigenvalue weighted by atomic mass is 10.0. The molecule has 0 saturated heterocycles. The van der Waals surface area contributed by atoms with Crippen LogP contribution in [-0.2, 0) is 0 Å². The highest BCUT2D eigenvalue weighted by molar-refractivity contribution is 6.11. The van der Waals surface area contributed by atoms with Gasteiger partial charge in [0.15, 0.2) is 17.5 Å². The Labute approximate surface area is 286 Å². The highest BCUT2D eigenvalue weighted by Gasteiger charge is 2.17. The molecule has 7 heteroatoms. The van der Waals surface area contributed by atoms with Gasteiger partial charge in [0.1, 0.15) is 0 Å². The molecule has 0 bridgehead atoms. The number of aromatic amines is 1. The molecule has 0 unspecified atom stereocenters. The van der Waals surface area contributed by atoms with E-state index in [1.807, 2.05) is 73.1 Å². The van der Waals surface area contributed by atoms with Crippen molar-refractivity contribution in [2.24, 2.45) is 0 Å². The summed E-state index contributed by atoms with van der Waals surface area (Å²) in [6.45, 7) is 0. The molecule has 234 valence electrons. The molecule has 50 heavy (non-hydrogen) atoms. The van der Waals surface area contributed by atoms with E-state index in [0.717, 1.165) is 44.4 Å². The summed E-state index contributed by atoms with van der Waals surface area (Å²) < 4.78 is 2.22. The lowest BCUT2D eigenvalue weighted by Gasteiger charge is -2.10. The molecule has 0 radical (unpaired) electrons. The van der Waals surface area contributed by atoms with Gasteiger partial charge in [0, 0.05) is 43.7 Å². The fourth-order valence-corrected chi connectivity index (χ4v) is 6.92. The number of hydrogen-bond donors (Lipinski definition) is 1. The highest BCUT2D eigenvalue weighted by Crippen LogP contribution is 2.36. The van der Waals surface area contributed by atoms with E-state index in [1.54, 1.807) is 0 Å². The molecular weight excluding hydrogens is 615 g/mol. The van der Waals surface area contributed by atoms with Crippen LogP contribution < -0.4 is 0 Å². The normalized spacial score (nSPS) is 11.6. The molecule has 10 rings (SSSR count). The van der Waals surface area contributed by atoms with Crippen molar-refractivity contribution in [1.82, 2.24) is 34.5 Å². The van der Waals surface area contributed by atoms with E-state index in [4.69, 9.17) is 24.9 Å². The monoisotopic (exact) mass is 641 g/mol. The minimum absolute atomic E-state index is 0.420. The number of benzene rings is 6. The smallest absolute Gasteiger partial charge is 0.201 e. The molecule has 0 spiro atoms. The number of para-hydroxylation sites is 2. The highest BCUT2D eigenvalue weighted by atomic mass is 15.1. The maximum Gasteiger partial charge on any atom is 0.201 e. The summed E-state index contributed by atoms with van der Waals surface area (Å²) in [5.74, 6) is 2.00. The predicted octanol–water partition coefficient (Wildman–Crippen LogP) is 10.1. The topological polar surface area (TPSA) is 85.2 Å². The van der Waals surface area contributed by atoms with Crippen LogP contribution in [0.3, 0.4) is 0 Å². The summed E-state index contributed by atoms with van der Waals surface area (Å²) in [6, 6.07) is 50.1. The summed E-state index contributed by atoms with van der Waals surface area (Å²) in [5, 5.41) is 4.79. The molecule has 0 atom stereocenters. The van der Waals surface area contributed by atoms with Gasteiger partial charge in [-0.1, -0.05) is 109 Å². The Morgan fingerprint density at radius 2 is 0.920 bits per heavy atom. The predicted molar refractivity (Wildman–Crippen MR) is 201 cm³/mol. The Morgan fingerprint density at radius 1 is 0.380 bits per heavy atom. The summed E-state index contributed by atoms with van der Waals surface area (Å²) in [5.41, 5.74) is 9.45. The SMILES string of the molecule is c1ccc(-c2nc(-c3ccccc3)nc(-c3ncc(-n4c5ccccc5c5cc(-c6ccc7[nH]c8ccccc8c7c6)ccc54)cn3)n2)cc1. The zero-order valence-electron chi connectivity index (χ0n) is 26.7. The third-order valence-electron chi connectivity index (χ3n) is 9.31. The lowest BCUT2D eigenvalue weighted by molar-refractivity contribution is 1.01. The molecule has 6 aromatic carbocycles. The Balaban J connectivity index is 1.07. The minimum atomic E-state index is 0.420. The minimum Gasteiger partial charge on any atom is -0.355 e. The molecule has 0 aliphatic carbocycles. The van der Waals surface area contributed by atoms with Gasteiger partial charge in [0.05, 0.1) is 29.1 Å². The molecule has 0 saturated carbocycles. The van der Waals surface area contributed by atoms with E-state index in [1.165, 1.54) is 27.1 Å². The number of fused-ring (bicyclic) bond motifs is 6. The molecule has 7 nitrogen and oxygen atoms in total. The number of H-pyrrole nitrogens is 1. The van der Waals surface area contributed by atoms with E-state index in [2.05, 4.69) is 94.5 Å². The van der Waals surface area contributed by atoms with Crippen LogP contribution in [0.15, 0.2) is 158 Å². The van der Waals surface area contributed by atoms with Gasteiger partial charge in [-0.3, -0.25) is 0 Å². The number of aromatic nitrogens is 7. The van der Waals surface area contributed by atoms with E-state index < -0.39 is 0 Å². The van der Waals surface area contributed by atoms with Crippen molar-refractivity contribution in [3.63, 3.8) is 0 Å². The zero-order valence-corrected chi connectivity index (χ0v) is 26.7. The van der Waals surface area contributed by atoms with E-state index in [-0.39, 0.29) is 0 Å². The average Bonchev–Trinajstić information content (AvgIpc) is 3.73. The van der Waals surface area contributed by atoms with E-state index in [0.29, 0.717) is 23.3 Å². The summed E-state index contributed by atoms with van der Waals surface area (Å²) in [7, 11) is 0. The number of rotatable bonds is 5. The van der Waals surface area contributed by atoms with Crippen LogP contribution in [0.4, 0.5) is 0 Å². The quantitative estimate of drug-likeness (QED) is 0.202. The van der Waals surface area contributed by atoms with Crippen LogP contribution in [0.25, 0.3) is 94.9 Å². The van der Waals surface area contributed by atoms with Crippen LogP contribution in [0, 0.1) is 0 Å². The molecule has 0 amide bonds. The van der Waals surface area contributed by atoms with Crippen molar-refractivity contribution in [2.75, 3.05) is 0 Å². The fraction of sp³-hybridized carbons (Fsp3) is 0. The van der Waals surface area contributed by atoms with E-state index in [9.17, 15) is 0 Å². The zero-order chi connectivity index (χ0) is 33.0. The first kappa shape index (κ1) is 28.1. The fourth-order valence-electron chi connectivity index (χ4n) is 6.92. The Bertz CT molecular complexity index is 2800. The second kappa shape index (κ2) is 11.3. The van der Waals surface area contributed by atoms with Crippen LogP contribution in [-0.4, -0.2) is 34.5 Å². The molecule has 4 aromatic heterocycles. The third kappa shape index (κ3) is 4.64. The summed E-state index contributed by atoms with van der Waals surface area (Å²) >= 11 is 0. The van der Waals surface area contributed by atoms with Crippen molar-refractivity contribution >= 4 is 43.6 Å². The second-order valence-electron chi connectivity index (χ2n) is 12.3.